The molecule has 0 heterocycles. The van der Waals surface area contributed by atoms with Gasteiger partial charge in [-0.25, -0.2) is 0 Å². The van der Waals surface area contributed by atoms with E-state index in [1.807, 2.05) is 6.92 Å². The molecule has 1 rings (SSSR count). The van der Waals surface area contributed by atoms with E-state index < -0.39 is 0 Å². The molecule has 0 radical (unpaired) electrons. The molecule has 0 spiro atoms. The van der Waals surface area contributed by atoms with Crippen molar-refractivity contribution in [3.63, 3.8) is 0 Å². The van der Waals surface area contributed by atoms with E-state index in [0.29, 0.717) is 12.1 Å². The van der Waals surface area contributed by atoms with Crippen LogP contribution in [0.2, 0.25) is 0 Å². The van der Waals surface area contributed by atoms with Crippen molar-refractivity contribution in [1.82, 2.24) is 0 Å². The molecular weight excluding hydrogens is 204 g/mol. The fraction of sp³-hybridized carbons (Fsp3) is 0.417. The Labute approximate surface area is 95.5 Å². The van der Waals surface area contributed by atoms with Gasteiger partial charge in [0.25, 0.3) is 0 Å². The molecule has 0 fully saturated rings. The highest BCUT2D eigenvalue weighted by molar-refractivity contribution is 5.91. The Bertz CT molecular complexity index is 353. The Morgan fingerprint density at radius 3 is 2.94 bits per heavy atom. The molecule has 1 atom stereocenters. The first-order chi connectivity index (χ1) is 7.65. The number of nitrogens with one attached hydrogen (secondary N) is 1. The molecular formula is C12H18N2O2. The minimum absolute atomic E-state index is 0.0296. The SMILES string of the molecule is CCC(N)CC(=O)Nc1cccc(CO)c1. The van der Waals surface area contributed by atoms with Crippen LogP contribution in [0.15, 0.2) is 24.3 Å². The van der Waals surface area contributed by atoms with Gasteiger partial charge >= 0.3 is 0 Å². The average molecular weight is 222 g/mol. The first kappa shape index (κ1) is 12.7. The van der Waals surface area contributed by atoms with Crippen LogP contribution >= 0.6 is 0 Å². The summed E-state index contributed by atoms with van der Waals surface area (Å²) in [7, 11) is 0. The Morgan fingerprint density at radius 2 is 2.31 bits per heavy atom. The van der Waals surface area contributed by atoms with Crippen molar-refractivity contribution in [2.24, 2.45) is 5.73 Å². The van der Waals surface area contributed by atoms with Gasteiger partial charge in [0.2, 0.25) is 5.91 Å². The smallest absolute Gasteiger partial charge is 0.225 e. The van der Waals surface area contributed by atoms with Crippen LogP contribution in [0.5, 0.6) is 0 Å². The summed E-state index contributed by atoms with van der Waals surface area (Å²) in [5.74, 6) is -0.0931. The third kappa shape index (κ3) is 4.00. The van der Waals surface area contributed by atoms with Crippen molar-refractivity contribution in [2.75, 3.05) is 5.32 Å². The molecule has 0 bridgehead atoms. The summed E-state index contributed by atoms with van der Waals surface area (Å²) in [6.07, 6.45) is 1.10. The van der Waals surface area contributed by atoms with Gasteiger partial charge in [0.15, 0.2) is 0 Å². The number of benzene rings is 1. The summed E-state index contributed by atoms with van der Waals surface area (Å²) in [6, 6.07) is 7.03. The molecule has 0 saturated carbocycles. The molecule has 4 heteroatoms. The van der Waals surface area contributed by atoms with Crippen LogP contribution in [0.4, 0.5) is 5.69 Å². The first-order valence-corrected chi connectivity index (χ1v) is 5.41. The van der Waals surface area contributed by atoms with E-state index in [0.717, 1.165) is 12.0 Å². The monoisotopic (exact) mass is 222 g/mol. The van der Waals surface area contributed by atoms with Crippen LogP contribution in [0.3, 0.4) is 0 Å². The highest BCUT2D eigenvalue weighted by Crippen LogP contribution is 2.11. The molecule has 16 heavy (non-hydrogen) atoms. The van der Waals surface area contributed by atoms with Crippen molar-refractivity contribution < 1.29 is 9.90 Å². The zero-order chi connectivity index (χ0) is 12.0. The highest BCUT2D eigenvalue weighted by Gasteiger charge is 2.07. The fourth-order valence-electron chi connectivity index (χ4n) is 1.34. The van der Waals surface area contributed by atoms with E-state index in [4.69, 9.17) is 10.8 Å². The maximum atomic E-state index is 11.5. The summed E-state index contributed by atoms with van der Waals surface area (Å²) < 4.78 is 0. The fourth-order valence-corrected chi connectivity index (χ4v) is 1.34. The first-order valence-electron chi connectivity index (χ1n) is 5.41. The van der Waals surface area contributed by atoms with Crippen LogP contribution < -0.4 is 11.1 Å². The number of hydrogen-bond acceptors (Lipinski definition) is 3. The molecule has 1 amide bonds. The van der Waals surface area contributed by atoms with Crippen molar-refractivity contribution in [3.05, 3.63) is 29.8 Å². The molecule has 0 aliphatic heterocycles. The molecule has 1 aromatic rings. The predicted octanol–water partition coefficient (Wildman–Crippen LogP) is 1.24. The van der Waals surface area contributed by atoms with Crippen molar-refractivity contribution >= 4 is 11.6 Å². The minimum atomic E-state index is -0.0963. The van der Waals surface area contributed by atoms with E-state index in [1.165, 1.54) is 0 Å². The third-order valence-electron chi connectivity index (χ3n) is 2.37. The van der Waals surface area contributed by atoms with Gasteiger partial charge in [-0.1, -0.05) is 19.1 Å². The number of aliphatic hydroxyl groups excluding tert-OH is 1. The maximum absolute atomic E-state index is 11.5. The molecule has 0 aromatic heterocycles. The van der Waals surface area contributed by atoms with Crippen molar-refractivity contribution in [3.8, 4) is 0 Å². The normalized spacial score (nSPS) is 12.2. The molecule has 0 aliphatic carbocycles. The van der Waals surface area contributed by atoms with E-state index >= 15 is 0 Å². The summed E-state index contributed by atoms with van der Waals surface area (Å²) in [4.78, 5) is 11.5. The highest BCUT2D eigenvalue weighted by atomic mass is 16.3. The number of anilines is 1. The molecule has 88 valence electrons. The zero-order valence-corrected chi connectivity index (χ0v) is 9.44. The van der Waals surface area contributed by atoms with Gasteiger partial charge in [-0.2, -0.15) is 0 Å². The number of carbonyl (C=O) groups excluding carboxylic acids is 1. The lowest BCUT2D eigenvalue weighted by molar-refractivity contribution is -0.116. The van der Waals surface area contributed by atoms with Crippen molar-refractivity contribution in [1.29, 1.82) is 0 Å². The summed E-state index contributed by atoms with van der Waals surface area (Å²) >= 11 is 0. The van der Waals surface area contributed by atoms with Crippen molar-refractivity contribution in [2.45, 2.75) is 32.4 Å². The third-order valence-corrected chi connectivity index (χ3v) is 2.37. The van der Waals surface area contributed by atoms with Gasteiger partial charge < -0.3 is 16.2 Å². The lowest BCUT2D eigenvalue weighted by Crippen LogP contribution is -2.26. The maximum Gasteiger partial charge on any atom is 0.225 e. The number of amides is 1. The van der Waals surface area contributed by atoms with E-state index in [1.54, 1.807) is 24.3 Å². The van der Waals surface area contributed by atoms with Crippen LogP contribution in [-0.4, -0.2) is 17.1 Å². The van der Waals surface area contributed by atoms with Crippen LogP contribution in [0.1, 0.15) is 25.3 Å². The van der Waals surface area contributed by atoms with E-state index in [-0.39, 0.29) is 18.6 Å². The van der Waals surface area contributed by atoms with Gasteiger partial charge in [-0.05, 0) is 24.1 Å². The number of aliphatic hydroxyl groups is 1. The Morgan fingerprint density at radius 1 is 1.56 bits per heavy atom. The van der Waals surface area contributed by atoms with Gasteiger partial charge in [0.1, 0.15) is 0 Å². The summed E-state index contributed by atoms with van der Waals surface area (Å²) in [6.45, 7) is 1.92. The number of rotatable bonds is 5. The van der Waals surface area contributed by atoms with Crippen LogP contribution in [-0.2, 0) is 11.4 Å². The van der Waals surface area contributed by atoms with Gasteiger partial charge in [-0.15, -0.1) is 0 Å². The minimum Gasteiger partial charge on any atom is -0.392 e. The standard InChI is InChI=1S/C12H18N2O2/c1-2-10(13)7-12(16)14-11-5-3-4-9(6-11)8-15/h3-6,10,15H,2,7-8,13H2,1H3,(H,14,16). The summed E-state index contributed by atoms with van der Waals surface area (Å²) in [5, 5.41) is 11.7. The molecule has 0 saturated heterocycles. The van der Waals surface area contributed by atoms with E-state index in [9.17, 15) is 4.79 Å². The Kier molecular flexibility index (Phi) is 4.95. The number of carbonyl (C=O) groups is 1. The second kappa shape index (κ2) is 6.25. The van der Waals surface area contributed by atoms with Gasteiger partial charge in [0, 0.05) is 18.2 Å². The number of hydrogen-bond donors (Lipinski definition) is 3. The Hall–Kier alpha value is -1.39. The largest absolute Gasteiger partial charge is 0.392 e. The molecule has 4 nitrogen and oxygen atoms in total. The lowest BCUT2D eigenvalue weighted by atomic mass is 10.1. The topological polar surface area (TPSA) is 75.4 Å². The predicted molar refractivity (Wildman–Crippen MR) is 63.9 cm³/mol. The zero-order valence-electron chi connectivity index (χ0n) is 9.44. The summed E-state index contributed by atoms with van der Waals surface area (Å²) in [5.41, 5.74) is 7.15. The molecule has 1 unspecified atom stereocenters. The van der Waals surface area contributed by atoms with Crippen LogP contribution in [0.25, 0.3) is 0 Å². The second-order valence-corrected chi connectivity index (χ2v) is 3.78. The molecule has 4 N–H and O–H groups in total. The quantitative estimate of drug-likeness (QED) is 0.701. The van der Waals surface area contributed by atoms with Crippen LogP contribution in [0, 0.1) is 0 Å². The number of nitrogens with two attached hydrogens (primary N) is 1. The molecule has 0 aliphatic rings. The Balaban J connectivity index is 2.55. The van der Waals surface area contributed by atoms with E-state index in [2.05, 4.69) is 5.32 Å². The average Bonchev–Trinajstić information content (AvgIpc) is 2.28. The molecule has 1 aromatic carbocycles. The van der Waals surface area contributed by atoms with Gasteiger partial charge in [0.05, 0.1) is 6.61 Å². The van der Waals surface area contributed by atoms with Gasteiger partial charge in [-0.3, -0.25) is 4.79 Å². The second-order valence-electron chi connectivity index (χ2n) is 3.78. The lowest BCUT2D eigenvalue weighted by Gasteiger charge is -2.09.